The Labute approximate surface area is 112 Å². The summed E-state index contributed by atoms with van der Waals surface area (Å²) >= 11 is 0. The number of Topliss-reactive ketones (excluding diaryl/α,β-unsaturated/α-hetero) is 1. The van der Waals surface area contributed by atoms with E-state index >= 15 is 0 Å². The summed E-state index contributed by atoms with van der Waals surface area (Å²) < 4.78 is 6.93. The number of rotatable bonds is 2. The predicted molar refractivity (Wildman–Crippen MR) is 68.8 cm³/mol. The van der Waals surface area contributed by atoms with E-state index in [-0.39, 0.29) is 17.8 Å². The van der Waals surface area contributed by atoms with Crippen molar-refractivity contribution in [1.29, 1.82) is 0 Å². The van der Waals surface area contributed by atoms with Crippen LogP contribution >= 0.6 is 0 Å². The van der Waals surface area contributed by atoms with Crippen molar-refractivity contribution < 1.29 is 14.3 Å². The highest BCUT2D eigenvalue weighted by Gasteiger charge is 2.39. The average molecular weight is 265 g/mol. The molecule has 0 saturated carbocycles. The van der Waals surface area contributed by atoms with Gasteiger partial charge in [0.25, 0.3) is 0 Å². The lowest BCUT2D eigenvalue weighted by Gasteiger charge is -2.38. The fourth-order valence-corrected chi connectivity index (χ4v) is 1.91. The molecule has 0 aromatic carbocycles. The molecule has 1 saturated heterocycles. The second kappa shape index (κ2) is 4.68. The van der Waals surface area contributed by atoms with Gasteiger partial charge in [-0.05, 0) is 20.8 Å². The zero-order chi connectivity index (χ0) is 14.2. The predicted octanol–water partition coefficient (Wildman–Crippen LogP) is 1.47. The van der Waals surface area contributed by atoms with Gasteiger partial charge in [0.2, 0.25) is 5.78 Å². The quantitative estimate of drug-likeness (QED) is 0.760. The van der Waals surface area contributed by atoms with Crippen LogP contribution in [0, 0.1) is 5.92 Å². The minimum atomic E-state index is -0.508. The van der Waals surface area contributed by atoms with Crippen LogP contribution in [0.2, 0.25) is 0 Å². The molecular weight excluding hydrogens is 246 g/mol. The summed E-state index contributed by atoms with van der Waals surface area (Å²) in [6.07, 6.45) is 2.96. The van der Waals surface area contributed by atoms with E-state index in [2.05, 4.69) is 4.98 Å². The van der Waals surface area contributed by atoms with Gasteiger partial charge in [0.15, 0.2) is 5.82 Å². The Bertz CT molecular complexity index is 495. The fourth-order valence-electron chi connectivity index (χ4n) is 1.91. The molecule has 0 unspecified atom stereocenters. The maximum absolute atomic E-state index is 12.1. The van der Waals surface area contributed by atoms with E-state index in [9.17, 15) is 9.59 Å². The second-order valence-electron chi connectivity index (χ2n) is 5.81. The van der Waals surface area contributed by atoms with Crippen LogP contribution in [0.4, 0.5) is 4.79 Å². The molecule has 6 heteroatoms. The molecule has 0 radical (unpaired) electrons. The highest BCUT2D eigenvalue weighted by molar-refractivity contribution is 5.96. The Morgan fingerprint density at radius 2 is 2.00 bits per heavy atom. The normalized spacial score (nSPS) is 16.1. The van der Waals surface area contributed by atoms with E-state index in [0.29, 0.717) is 18.9 Å². The smallest absolute Gasteiger partial charge is 0.410 e. The maximum Gasteiger partial charge on any atom is 0.410 e. The molecule has 1 fully saturated rings. The molecule has 0 bridgehead atoms. The summed E-state index contributed by atoms with van der Waals surface area (Å²) in [6, 6.07) is 0. The molecule has 0 atom stereocenters. The minimum Gasteiger partial charge on any atom is -0.444 e. The van der Waals surface area contributed by atoms with Crippen molar-refractivity contribution >= 4 is 11.9 Å². The van der Waals surface area contributed by atoms with E-state index in [0.717, 1.165) is 0 Å². The monoisotopic (exact) mass is 265 g/mol. The number of aromatic nitrogens is 2. The molecule has 1 amide bonds. The number of imidazole rings is 1. The highest BCUT2D eigenvalue weighted by atomic mass is 16.6. The lowest BCUT2D eigenvalue weighted by Crippen LogP contribution is -2.54. The highest BCUT2D eigenvalue weighted by Crippen LogP contribution is 2.22. The molecule has 0 aliphatic carbocycles. The Balaban J connectivity index is 1.88. The summed E-state index contributed by atoms with van der Waals surface area (Å²) in [4.78, 5) is 29.4. The lowest BCUT2D eigenvalue weighted by molar-refractivity contribution is 0.00127. The van der Waals surface area contributed by atoms with Crippen LogP contribution in [-0.2, 0) is 11.8 Å². The lowest BCUT2D eigenvalue weighted by atomic mass is 9.95. The van der Waals surface area contributed by atoms with Gasteiger partial charge in [-0.1, -0.05) is 0 Å². The van der Waals surface area contributed by atoms with Gasteiger partial charge in [-0.2, -0.15) is 0 Å². The Morgan fingerprint density at radius 1 is 1.37 bits per heavy atom. The summed E-state index contributed by atoms with van der Waals surface area (Å²) in [6.45, 7) is 6.27. The third kappa shape index (κ3) is 2.94. The van der Waals surface area contributed by atoms with E-state index < -0.39 is 5.60 Å². The number of ether oxygens (including phenoxy) is 1. The number of carbonyl (C=O) groups is 2. The molecule has 0 N–H and O–H groups in total. The van der Waals surface area contributed by atoms with Crippen molar-refractivity contribution in [3.05, 3.63) is 18.2 Å². The third-order valence-electron chi connectivity index (χ3n) is 2.95. The summed E-state index contributed by atoms with van der Waals surface area (Å²) in [5, 5.41) is 0. The molecule has 2 heterocycles. The number of ketones is 1. The number of carbonyl (C=O) groups excluding carboxylic acids is 2. The molecule has 6 nitrogen and oxygen atoms in total. The zero-order valence-corrected chi connectivity index (χ0v) is 11.7. The van der Waals surface area contributed by atoms with E-state index in [4.69, 9.17) is 4.74 Å². The summed E-state index contributed by atoms with van der Waals surface area (Å²) in [5.41, 5.74) is -0.508. The van der Waals surface area contributed by atoms with E-state index in [1.165, 1.54) is 4.90 Å². The van der Waals surface area contributed by atoms with Crippen LogP contribution in [0.15, 0.2) is 12.4 Å². The van der Waals surface area contributed by atoms with Gasteiger partial charge in [-0.15, -0.1) is 0 Å². The number of likely N-dealkylation sites (tertiary alicyclic amines) is 1. The van der Waals surface area contributed by atoms with Crippen molar-refractivity contribution in [2.24, 2.45) is 13.0 Å². The van der Waals surface area contributed by atoms with Crippen LogP contribution in [0.25, 0.3) is 0 Å². The summed E-state index contributed by atoms with van der Waals surface area (Å²) in [7, 11) is 1.78. The second-order valence-corrected chi connectivity index (χ2v) is 5.81. The van der Waals surface area contributed by atoms with Gasteiger partial charge in [0, 0.05) is 32.5 Å². The fraction of sp³-hybridized carbons (Fsp3) is 0.615. The third-order valence-corrected chi connectivity index (χ3v) is 2.95. The van der Waals surface area contributed by atoms with Crippen LogP contribution in [0.5, 0.6) is 0 Å². The molecule has 104 valence electrons. The number of nitrogens with zero attached hydrogens (tertiary/aromatic N) is 3. The Morgan fingerprint density at radius 3 is 2.47 bits per heavy atom. The van der Waals surface area contributed by atoms with Crippen LogP contribution in [-0.4, -0.2) is 45.0 Å². The van der Waals surface area contributed by atoms with Crippen molar-refractivity contribution in [3.63, 3.8) is 0 Å². The molecule has 2 rings (SSSR count). The number of hydrogen-bond acceptors (Lipinski definition) is 4. The van der Waals surface area contributed by atoms with Gasteiger partial charge < -0.3 is 14.2 Å². The van der Waals surface area contributed by atoms with Crippen molar-refractivity contribution in [3.8, 4) is 0 Å². The zero-order valence-electron chi connectivity index (χ0n) is 11.7. The molecule has 1 aromatic rings. The van der Waals surface area contributed by atoms with Gasteiger partial charge in [0.05, 0.1) is 5.92 Å². The Hall–Kier alpha value is -1.85. The van der Waals surface area contributed by atoms with Gasteiger partial charge >= 0.3 is 6.09 Å². The number of aryl methyl sites for hydroxylation is 1. The van der Waals surface area contributed by atoms with Crippen LogP contribution in [0.1, 0.15) is 31.4 Å². The van der Waals surface area contributed by atoms with Crippen LogP contribution in [0.3, 0.4) is 0 Å². The Kier molecular flexibility index (Phi) is 3.34. The number of hydrogen-bond donors (Lipinski definition) is 0. The molecule has 19 heavy (non-hydrogen) atoms. The first-order valence-electron chi connectivity index (χ1n) is 6.27. The largest absolute Gasteiger partial charge is 0.444 e. The van der Waals surface area contributed by atoms with Gasteiger partial charge in [-0.25, -0.2) is 9.78 Å². The van der Waals surface area contributed by atoms with Gasteiger partial charge in [-0.3, -0.25) is 4.79 Å². The SMILES string of the molecule is Cn1ccnc1C(=O)C1CN(C(=O)OC(C)(C)C)C1. The van der Waals surface area contributed by atoms with Gasteiger partial charge in [0.1, 0.15) is 5.60 Å². The molecule has 1 aliphatic heterocycles. The molecule has 1 aromatic heterocycles. The minimum absolute atomic E-state index is 0.0210. The first kappa shape index (κ1) is 13.6. The van der Waals surface area contributed by atoms with E-state index in [1.807, 2.05) is 20.8 Å². The van der Waals surface area contributed by atoms with E-state index in [1.54, 1.807) is 24.0 Å². The first-order valence-corrected chi connectivity index (χ1v) is 6.27. The molecular formula is C13H19N3O3. The standard InChI is InChI=1S/C13H19N3O3/c1-13(2,3)19-12(18)16-7-9(8-16)10(17)11-14-5-6-15(11)4/h5-6,9H,7-8H2,1-4H3. The van der Waals surface area contributed by atoms with Crippen molar-refractivity contribution in [1.82, 2.24) is 14.5 Å². The summed E-state index contributed by atoms with van der Waals surface area (Å²) in [5.74, 6) is 0.245. The van der Waals surface area contributed by atoms with Crippen molar-refractivity contribution in [2.75, 3.05) is 13.1 Å². The number of amides is 1. The molecule has 0 spiro atoms. The maximum atomic E-state index is 12.1. The average Bonchev–Trinajstić information content (AvgIpc) is 2.58. The van der Waals surface area contributed by atoms with Crippen molar-refractivity contribution in [2.45, 2.75) is 26.4 Å². The topological polar surface area (TPSA) is 64.4 Å². The molecule has 1 aliphatic rings. The van der Waals surface area contributed by atoms with Crippen LogP contribution < -0.4 is 0 Å². The first-order chi connectivity index (χ1) is 8.78.